The number of aromatic hydroxyl groups is 1. The molecule has 1 aromatic rings. The third-order valence-electron chi connectivity index (χ3n) is 4.27. The number of phenols is 1. The van der Waals surface area contributed by atoms with Crippen LogP contribution in [0.1, 0.15) is 36.7 Å². The summed E-state index contributed by atoms with van der Waals surface area (Å²) in [5.41, 5.74) is -0.970. The highest BCUT2D eigenvalue weighted by molar-refractivity contribution is 5.97. The number of ether oxygens (including phenoxy) is 1. The van der Waals surface area contributed by atoms with Crippen LogP contribution in [-0.2, 0) is 15.7 Å². The Labute approximate surface area is 157 Å². The highest BCUT2D eigenvalue weighted by Gasteiger charge is 2.56. The van der Waals surface area contributed by atoms with Gasteiger partial charge in [-0.15, -0.1) is 0 Å². The number of benzene rings is 1. The second-order valence-corrected chi connectivity index (χ2v) is 6.77. The summed E-state index contributed by atoms with van der Waals surface area (Å²) in [6.45, 7) is 3.85. The minimum atomic E-state index is -4.88. The molecule has 154 valence electrons. The average Bonchev–Trinajstić information content (AvgIpc) is 2.82. The van der Waals surface area contributed by atoms with Crippen LogP contribution < -0.4 is 10.9 Å². The second kappa shape index (κ2) is 6.86. The summed E-state index contributed by atoms with van der Waals surface area (Å²) >= 11 is 0. The number of hydrogen-bond acceptors (Lipinski definition) is 5. The lowest BCUT2D eigenvalue weighted by Gasteiger charge is -2.36. The number of phenolic OH excluding ortho intramolecular Hbond substituents is 1. The summed E-state index contributed by atoms with van der Waals surface area (Å²) in [4.78, 5) is 36.8. The van der Waals surface area contributed by atoms with E-state index in [2.05, 4.69) is 0 Å². The van der Waals surface area contributed by atoms with Crippen molar-refractivity contribution in [3.8, 4) is 5.75 Å². The normalized spacial score (nSPS) is 21.3. The fourth-order valence-corrected chi connectivity index (χ4v) is 2.87. The lowest BCUT2D eigenvalue weighted by atomic mass is 10.0. The number of hydrogen-bond donors (Lipinski definition) is 4. The van der Waals surface area contributed by atoms with Gasteiger partial charge in [-0.3, -0.25) is 25.3 Å². The molecule has 2 rings (SSSR count). The summed E-state index contributed by atoms with van der Waals surface area (Å²) in [6.07, 6.45) is -6.31. The first-order chi connectivity index (χ1) is 12.7. The van der Waals surface area contributed by atoms with Crippen LogP contribution in [-0.4, -0.2) is 50.9 Å². The van der Waals surface area contributed by atoms with Crippen molar-refractivity contribution < 1.29 is 42.5 Å². The van der Waals surface area contributed by atoms with Gasteiger partial charge >= 0.3 is 12.3 Å². The fraction of sp³-hybridized carbons (Fsp3) is 0.438. The van der Waals surface area contributed by atoms with Crippen molar-refractivity contribution in [2.45, 2.75) is 38.2 Å². The highest BCUT2D eigenvalue weighted by Crippen LogP contribution is 2.36. The first-order valence-corrected chi connectivity index (χ1v) is 7.88. The molecule has 0 saturated carbocycles. The van der Waals surface area contributed by atoms with E-state index >= 15 is 0 Å². The Bertz CT molecular complexity index is 826. The summed E-state index contributed by atoms with van der Waals surface area (Å²) in [6, 6.07) is 2.05. The average molecular weight is 405 g/mol. The van der Waals surface area contributed by atoms with Crippen molar-refractivity contribution in [3.05, 3.63) is 29.3 Å². The second-order valence-electron chi connectivity index (χ2n) is 6.77. The van der Waals surface area contributed by atoms with Crippen molar-refractivity contribution in [3.63, 3.8) is 0 Å². The molecule has 1 fully saturated rings. The van der Waals surface area contributed by atoms with Gasteiger partial charge in [-0.25, -0.2) is 4.79 Å². The number of alkyl halides is 3. The zero-order chi connectivity index (χ0) is 21.5. The Morgan fingerprint density at radius 3 is 2.32 bits per heavy atom. The van der Waals surface area contributed by atoms with Crippen molar-refractivity contribution in [2.75, 3.05) is 6.61 Å². The van der Waals surface area contributed by atoms with E-state index in [1.165, 1.54) is 20.8 Å². The summed E-state index contributed by atoms with van der Waals surface area (Å²) in [7, 11) is 0. The summed E-state index contributed by atoms with van der Waals surface area (Å²) < 4.78 is 43.8. The van der Waals surface area contributed by atoms with E-state index in [1.807, 2.05) is 10.9 Å². The van der Waals surface area contributed by atoms with Gasteiger partial charge in [0.15, 0.2) is 0 Å². The predicted octanol–water partition coefficient (Wildman–Crippen LogP) is 1.68. The molecular weight excluding hydrogens is 387 g/mol. The number of hydrazine groups is 1. The van der Waals surface area contributed by atoms with Crippen LogP contribution in [0.15, 0.2) is 18.2 Å². The van der Waals surface area contributed by atoms with Gasteiger partial charge in [0.05, 0.1) is 12.2 Å². The third kappa shape index (κ3) is 3.81. The van der Waals surface area contributed by atoms with Crippen LogP contribution in [0, 0.1) is 0 Å². The standard InChI is InChI=1S/C16H18F3N3O6/c1-14(2)22(13(26)27)15(3,7-28-14)12(25)21-20-11(24)8-4-5-10(23)9(6-8)16(17,18)19/h4-6,23H,7H2,1-3H3,(H,20,24)(H,21,25)(H,26,27). The zero-order valence-corrected chi connectivity index (χ0v) is 15.0. The Morgan fingerprint density at radius 1 is 1.18 bits per heavy atom. The number of halogens is 3. The molecule has 1 atom stereocenters. The topological polar surface area (TPSA) is 128 Å². The summed E-state index contributed by atoms with van der Waals surface area (Å²) in [5, 5.41) is 18.7. The van der Waals surface area contributed by atoms with Crippen LogP contribution in [0.5, 0.6) is 5.75 Å². The predicted molar refractivity (Wildman–Crippen MR) is 87.0 cm³/mol. The molecular formula is C16H18F3N3O6. The molecule has 1 aliphatic rings. The molecule has 1 heterocycles. The molecule has 0 spiro atoms. The van der Waals surface area contributed by atoms with Crippen LogP contribution in [0.4, 0.5) is 18.0 Å². The highest BCUT2D eigenvalue weighted by atomic mass is 19.4. The summed E-state index contributed by atoms with van der Waals surface area (Å²) in [5.74, 6) is -3.09. The molecule has 1 aromatic carbocycles. The first kappa shape index (κ1) is 21.3. The van der Waals surface area contributed by atoms with E-state index in [1.54, 1.807) is 0 Å². The molecule has 0 aromatic heterocycles. The number of rotatable bonds is 2. The van der Waals surface area contributed by atoms with E-state index in [-0.39, 0.29) is 6.61 Å². The Morgan fingerprint density at radius 2 is 1.79 bits per heavy atom. The smallest absolute Gasteiger partial charge is 0.419 e. The molecule has 3 amide bonds. The van der Waals surface area contributed by atoms with Crippen molar-refractivity contribution in [2.24, 2.45) is 0 Å². The maximum absolute atomic E-state index is 12.8. The van der Waals surface area contributed by atoms with E-state index < -0.39 is 52.2 Å². The van der Waals surface area contributed by atoms with Crippen LogP contribution in [0.3, 0.4) is 0 Å². The molecule has 9 nitrogen and oxygen atoms in total. The molecule has 1 aliphatic heterocycles. The molecule has 0 radical (unpaired) electrons. The fourth-order valence-electron chi connectivity index (χ4n) is 2.87. The lowest BCUT2D eigenvalue weighted by Crippen LogP contribution is -2.63. The monoisotopic (exact) mass is 405 g/mol. The number of nitrogens with one attached hydrogen (secondary N) is 2. The van der Waals surface area contributed by atoms with Crippen LogP contribution >= 0.6 is 0 Å². The maximum atomic E-state index is 12.8. The zero-order valence-electron chi connectivity index (χ0n) is 15.0. The minimum Gasteiger partial charge on any atom is -0.507 e. The first-order valence-electron chi connectivity index (χ1n) is 7.88. The van der Waals surface area contributed by atoms with E-state index in [0.717, 1.165) is 11.0 Å². The largest absolute Gasteiger partial charge is 0.507 e. The van der Waals surface area contributed by atoms with Crippen molar-refractivity contribution in [1.82, 2.24) is 15.8 Å². The van der Waals surface area contributed by atoms with Crippen molar-refractivity contribution in [1.29, 1.82) is 0 Å². The van der Waals surface area contributed by atoms with Gasteiger partial charge in [0, 0.05) is 5.56 Å². The van der Waals surface area contributed by atoms with Crippen LogP contribution in [0.2, 0.25) is 0 Å². The Hall–Kier alpha value is -3.02. The third-order valence-corrected chi connectivity index (χ3v) is 4.27. The van der Waals surface area contributed by atoms with Gasteiger partial charge in [0.2, 0.25) is 0 Å². The number of carbonyl (C=O) groups excluding carboxylic acids is 2. The number of carboxylic acid groups (broad SMARTS) is 1. The van der Waals surface area contributed by atoms with Crippen molar-refractivity contribution >= 4 is 17.9 Å². The van der Waals surface area contributed by atoms with Gasteiger partial charge in [-0.2, -0.15) is 13.2 Å². The van der Waals surface area contributed by atoms with Gasteiger partial charge in [0.1, 0.15) is 17.0 Å². The SMILES string of the molecule is CC1(C)OCC(C)(C(=O)NNC(=O)c2ccc(O)c(C(F)(F)F)c2)N1C(=O)O. The lowest BCUT2D eigenvalue weighted by molar-refractivity contribution is -0.138. The maximum Gasteiger partial charge on any atom is 0.419 e. The van der Waals surface area contributed by atoms with E-state index in [0.29, 0.717) is 12.1 Å². The quantitative estimate of drug-likeness (QED) is 0.555. The van der Waals surface area contributed by atoms with E-state index in [4.69, 9.17) is 4.74 Å². The molecule has 28 heavy (non-hydrogen) atoms. The molecule has 0 aliphatic carbocycles. The molecule has 1 saturated heterocycles. The molecule has 4 N–H and O–H groups in total. The van der Waals surface area contributed by atoms with Gasteiger partial charge in [0.25, 0.3) is 11.8 Å². The van der Waals surface area contributed by atoms with Crippen LogP contribution in [0.25, 0.3) is 0 Å². The van der Waals surface area contributed by atoms with Gasteiger partial charge in [-0.1, -0.05) is 0 Å². The van der Waals surface area contributed by atoms with Gasteiger partial charge < -0.3 is 14.9 Å². The Balaban J connectivity index is 2.15. The minimum absolute atomic E-state index is 0.300. The number of nitrogens with zero attached hydrogens (tertiary/aromatic N) is 1. The number of carbonyl (C=O) groups is 3. The van der Waals surface area contributed by atoms with E-state index in [9.17, 15) is 37.8 Å². The molecule has 0 bridgehead atoms. The molecule has 12 heteroatoms. The number of amides is 3. The van der Waals surface area contributed by atoms with Gasteiger partial charge in [-0.05, 0) is 39.0 Å². The Kier molecular flexibility index (Phi) is 5.21. The molecule has 1 unspecified atom stereocenters.